The van der Waals surface area contributed by atoms with Gasteiger partial charge in [0.05, 0.1) is 6.61 Å². The number of rotatable bonds is 16. The zero-order valence-corrected chi connectivity index (χ0v) is 14.8. The first kappa shape index (κ1) is 20.1. The van der Waals surface area contributed by atoms with Gasteiger partial charge in [0.15, 0.2) is 0 Å². The van der Waals surface area contributed by atoms with Gasteiger partial charge in [0, 0.05) is 12.4 Å². The summed E-state index contributed by atoms with van der Waals surface area (Å²) in [5.74, 6) is 0. The van der Waals surface area contributed by atoms with Gasteiger partial charge < -0.3 is 9.47 Å². The van der Waals surface area contributed by atoms with Crippen LogP contribution in [-0.4, -0.2) is 25.8 Å². The van der Waals surface area contributed by atoms with Crippen molar-refractivity contribution in [3.05, 3.63) is 12.2 Å². The maximum atomic E-state index is 5.21. The van der Waals surface area contributed by atoms with E-state index < -0.39 is 0 Å². The molecule has 0 amide bonds. The molecular formula is C17H33BrO2. The molecule has 2 nitrogen and oxygen atoms in total. The Hall–Kier alpha value is 0.140. The molecule has 0 N–H and O–H groups in total. The molecule has 0 unspecified atom stereocenters. The van der Waals surface area contributed by atoms with E-state index in [1.807, 2.05) is 0 Å². The second-order valence-corrected chi connectivity index (χ2v) is 6.03. The molecule has 0 bridgehead atoms. The monoisotopic (exact) mass is 348 g/mol. The van der Waals surface area contributed by atoms with Crippen molar-refractivity contribution in [1.29, 1.82) is 0 Å². The quantitative estimate of drug-likeness (QED) is 0.151. The number of methoxy groups -OCH3 is 1. The summed E-state index contributed by atoms with van der Waals surface area (Å²) in [6, 6.07) is 0. The maximum Gasteiger partial charge on any atom is 0.146 e. The second kappa shape index (κ2) is 19.1. The number of hydrogen-bond acceptors (Lipinski definition) is 2. The standard InChI is InChI=1S/C17H33BrO2/c1-19-17-20-16-14-12-10-8-6-4-2-3-5-7-9-11-13-15-18/h10,12H,2-9,11,13-17H2,1H3. The third-order valence-electron chi connectivity index (χ3n) is 3.30. The number of alkyl halides is 1. The SMILES string of the molecule is COCOCCC=CCCCCCCCCCCCBr. The Bertz CT molecular complexity index is 195. The van der Waals surface area contributed by atoms with E-state index in [0.717, 1.165) is 13.0 Å². The number of hydrogen-bond donors (Lipinski definition) is 0. The molecule has 0 fully saturated rings. The highest BCUT2D eigenvalue weighted by atomic mass is 79.9. The van der Waals surface area contributed by atoms with E-state index in [-0.39, 0.29) is 0 Å². The van der Waals surface area contributed by atoms with E-state index in [1.165, 1.54) is 69.5 Å². The molecule has 0 spiro atoms. The second-order valence-electron chi connectivity index (χ2n) is 5.23. The summed E-state index contributed by atoms with van der Waals surface area (Å²) in [7, 11) is 1.65. The molecule has 0 aromatic carbocycles. The molecule has 0 saturated carbocycles. The molecule has 0 aliphatic rings. The van der Waals surface area contributed by atoms with E-state index in [4.69, 9.17) is 9.47 Å². The highest BCUT2D eigenvalue weighted by Crippen LogP contribution is 2.11. The Kier molecular flexibility index (Phi) is 19.3. The first-order valence-corrected chi connectivity index (χ1v) is 9.31. The minimum atomic E-state index is 0.407. The first-order chi connectivity index (χ1) is 9.91. The lowest BCUT2D eigenvalue weighted by molar-refractivity contribution is -0.0285. The molecule has 0 saturated heterocycles. The lowest BCUT2D eigenvalue weighted by atomic mass is 10.1. The fraction of sp³-hybridized carbons (Fsp3) is 0.882. The largest absolute Gasteiger partial charge is 0.359 e. The maximum absolute atomic E-state index is 5.21. The summed E-state index contributed by atoms with van der Waals surface area (Å²) in [4.78, 5) is 0. The number of unbranched alkanes of at least 4 members (excludes halogenated alkanes) is 9. The van der Waals surface area contributed by atoms with Crippen molar-refractivity contribution in [2.75, 3.05) is 25.8 Å². The van der Waals surface area contributed by atoms with Crippen molar-refractivity contribution in [3.8, 4) is 0 Å². The third kappa shape index (κ3) is 18.1. The van der Waals surface area contributed by atoms with Crippen molar-refractivity contribution in [1.82, 2.24) is 0 Å². The molecular weight excluding hydrogens is 316 g/mol. The van der Waals surface area contributed by atoms with Crippen molar-refractivity contribution in [2.24, 2.45) is 0 Å². The van der Waals surface area contributed by atoms with E-state index in [0.29, 0.717) is 6.79 Å². The lowest BCUT2D eigenvalue weighted by Crippen LogP contribution is -1.96. The van der Waals surface area contributed by atoms with Gasteiger partial charge in [-0.1, -0.05) is 73.0 Å². The van der Waals surface area contributed by atoms with E-state index in [2.05, 4.69) is 28.1 Å². The molecule has 0 aromatic heterocycles. The van der Waals surface area contributed by atoms with Gasteiger partial charge in [-0.05, 0) is 25.7 Å². The lowest BCUT2D eigenvalue weighted by Gasteiger charge is -2.01. The van der Waals surface area contributed by atoms with Crippen LogP contribution in [-0.2, 0) is 9.47 Å². The van der Waals surface area contributed by atoms with Crippen molar-refractivity contribution >= 4 is 15.9 Å². The van der Waals surface area contributed by atoms with Crippen LogP contribution in [0.4, 0.5) is 0 Å². The number of allylic oxidation sites excluding steroid dienone is 1. The molecule has 20 heavy (non-hydrogen) atoms. The molecule has 0 heterocycles. The van der Waals surface area contributed by atoms with Gasteiger partial charge in [-0.15, -0.1) is 0 Å². The summed E-state index contributed by atoms with van der Waals surface area (Å²) < 4.78 is 10.0. The van der Waals surface area contributed by atoms with Gasteiger partial charge in [-0.3, -0.25) is 0 Å². The van der Waals surface area contributed by atoms with Crippen LogP contribution in [0.3, 0.4) is 0 Å². The van der Waals surface area contributed by atoms with E-state index in [1.54, 1.807) is 7.11 Å². The molecule has 0 atom stereocenters. The summed E-state index contributed by atoms with van der Waals surface area (Å²) in [6.07, 6.45) is 19.3. The molecule has 0 aliphatic carbocycles. The van der Waals surface area contributed by atoms with Crippen LogP contribution >= 0.6 is 15.9 Å². The Morgan fingerprint density at radius 3 is 1.90 bits per heavy atom. The Labute approximate surface area is 134 Å². The van der Waals surface area contributed by atoms with Gasteiger partial charge >= 0.3 is 0 Å². The van der Waals surface area contributed by atoms with Crippen LogP contribution < -0.4 is 0 Å². The number of ether oxygens (including phenoxy) is 2. The average molecular weight is 349 g/mol. The highest BCUT2D eigenvalue weighted by molar-refractivity contribution is 9.09. The molecule has 0 rings (SSSR count). The average Bonchev–Trinajstić information content (AvgIpc) is 2.47. The Balaban J connectivity index is 3.00. The Morgan fingerprint density at radius 1 is 0.750 bits per heavy atom. The van der Waals surface area contributed by atoms with Crippen LogP contribution in [0, 0.1) is 0 Å². The minimum Gasteiger partial charge on any atom is -0.359 e. The smallest absolute Gasteiger partial charge is 0.146 e. The van der Waals surface area contributed by atoms with Crippen LogP contribution in [0.5, 0.6) is 0 Å². The fourth-order valence-electron chi connectivity index (χ4n) is 2.12. The zero-order chi connectivity index (χ0) is 14.7. The normalized spacial score (nSPS) is 11.5. The van der Waals surface area contributed by atoms with Crippen LogP contribution in [0.15, 0.2) is 12.2 Å². The Morgan fingerprint density at radius 2 is 1.30 bits per heavy atom. The van der Waals surface area contributed by atoms with Crippen LogP contribution in [0.2, 0.25) is 0 Å². The van der Waals surface area contributed by atoms with Crippen LogP contribution in [0.25, 0.3) is 0 Å². The van der Waals surface area contributed by atoms with Crippen molar-refractivity contribution in [3.63, 3.8) is 0 Å². The molecule has 120 valence electrons. The summed E-state index contributed by atoms with van der Waals surface area (Å²) in [6.45, 7) is 1.17. The topological polar surface area (TPSA) is 18.5 Å². The fourth-order valence-corrected chi connectivity index (χ4v) is 2.52. The summed E-state index contributed by atoms with van der Waals surface area (Å²) in [5, 5.41) is 1.17. The molecule has 0 radical (unpaired) electrons. The molecule has 0 aliphatic heterocycles. The summed E-state index contributed by atoms with van der Waals surface area (Å²) >= 11 is 3.48. The van der Waals surface area contributed by atoms with Gasteiger partial charge in [-0.2, -0.15) is 0 Å². The van der Waals surface area contributed by atoms with Gasteiger partial charge in [0.25, 0.3) is 0 Å². The van der Waals surface area contributed by atoms with E-state index >= 15 is 0 Å². The van der Waals surface area contributed by atoms with Crippen molar-refractivity contribution < 1.29 is 9.47 Å². The van der Waals surface area contributed by atoms with Crippen LogP contribution in [0.1, 0.15) is 70.6 Å². The van der Waals surface area contributed by atoms with Crippen molar-refractivity contribution in [2.45, 2.75) is 70.6 Å². The first-order valence-electron chi connectivity index (χ1n) is 8.19. The minimum absolute atomic E-state index is 0.407. The molecule has 3 heteroatoms. The zero-order valence-electron chi connectivity index (χ0n) is 13.2. The molecule has 0 aromatic rings. The van der Waals surface area contributed by atoms with E-state index in [9.17, 15) is 0 Å². The highest BCUT2D eigenvalue weighted by Gasteiger charge is 1.92. The third-order valence-corrected chi connectivity index (χ3v) is 3.86. The number of halogens is 1. The predicted octanol–water partition coefficient (Wildman–Crippen LogP) is 5.85. The summed E-state index contributed by atoms with van der Waals surface area (Å²) in [5.41, 5.74) is 0. The van der Waals surface area contributed by atoms with Gasteiger partial charge in [0.2, 0.25) is 0 Å². The van der Waals surface area contributed by atoms with Gasteiger partial charge in [0.1, 0.15) is 6.79 Å². The van der Waals surface area contributed by atoms with Gasteiger partial charge in [-0.25, -0.2) is 0 Å². The predicted molar refractivity (Wildman–Crippen MR) is 91.5 cm³/mol.